The molecule has 11 rings (SSSR count). The molecule has 0 unspecified atom stereocenters. The summed E-state index contributed by atoms with van der Waals surface area (Å²) in [5.41, 5.74) is 4.84. The zero-order valence-electron chi connectivity index (χ0n) is 45.5. The van der Waals surface area contributed by atoms with Crippen molar-refractivity contribution in [2.75, 3.05) is 44.9 Å². The van der Waals surface area contributed by atoms with Gasteiger partial charge in [0.25, 0.3) is 0 Å². The smallest absolute Gasteiger partial charge is 0.319 e. The first-order valence-electron chi connectivity index (χ1n) is 27.2. The number of ether oxygens (including phenoxy) is 3. The Morgan fingerprint density at radius 2 is 1.70 bits per heavy atom. The summed E-state index contributed by atoms with van der Waals surface area (Å²) in [6.45, 7) is 8.66. The molecule has 8 aromatic rings. The minimum atomic E-state index is -1.05. The van der Waals surface area contributed by atoms with Crippen LogP contribution < -0.4 is 25.0 Å². The first-order chi connectivity index (χ1) is 39.2. The number of aryl methyl sites for hydroxylation is 1. The summed E-state index contributed by atoms with van der Waals surface area (Å²) < 4.78 is 50.2. The predicted octanol–water partition coefficient (Wildman–Crippen LogP) is 7.26. The number of phenolic OH excluding ortho intramolecular Hbond substituents is 1. The Hall–Kier alpha value is -8.24. The molecule has 3 aliphatic heterocycles. The number of fused-ring (bicyclic) bond motifs is 4. The molecule has 2 amide bonds. The van der Waals surface area contributed by atoms with E-state index in [1.807, 2.05) is 52.0 Å². The van der Waals surface area contributed by atoms with Crippen molar-refractivity contribution >= 4 is 39.3 Å². The first kappa shape index (κ1) is 54.7. The average Bonchev–Trinajstić information content (AvgIpc) is 4.51. The van der Waals surface area contributed by atoms with Crippen molar-refractivity contribution in [3.8, 4) is 51.3 Å². The van der Waals surface area contributed by atoms with Gasteiger partial charge in [-0.3, -0.25) is 19.6 Å². The van der Waals surface area contributed by atoms with Crippen LogP contribution in [-0.4, -0.2) is 137 Å². The van der Waals surface area contributed by atoms with Gasteiger partial charge >= 0.3 is 6.01 Å². The number of carbonyl (C=O) groups is 2. The molecule has 0 radical (unpaired) electrons. The number of benzene rings is 4. The van der Waals surface area contributed by atoms with Gasteiger partial charge in [0.1, 0.15) is 71.1 Å². The molecule has 4 aromatic heterocycles. The number of aliphatic hydroxyl groups is 2. The molecule has 3 saturated heterocycles. The van der Waals surface area contributed by atoms with Crippen molar-refractivity contribution in [1.82, 2.24) is 50.5 Å². The number of phenols is 1. The van der Waals surface area contributed by atoms with E-state index in [2.05, 4.69) is 30.8 Å². The van der Waals surface area contributed by atoms with E-state index >= 15 is 4.39 Å². The molecule has 81 heavy (non-hydrogen) atoms. The van der Waals surface area contributed by atoms with Crippen LogP contribution in [0.2, 0.25) is 0 Å². The number of aliphatic hydroxyl groups excluding tert-OH is 2. The SMILES string of the molecule is CCc1c(F)ccc2cc(O)cc(-c3ncc4c(N5C[C@@H]6C[C@H]5CN6)nc(OC[C@H](C)OC)nc4c3OCc3ccc(-c4cn([C@H](C(=O)N5C[C@H](O)C[C@H]5C(=O)N[C@@H](CO)c5ccc(-c6ncccc6F)cc5)C(C)C)nn4)cc3)c12. The summed E-state index contributed by atoms with van der Waals surface area (Å²) in [6, 6.07) is 20.9. The Bertz CT molecular complexity index is 3630. The van der Waals surface area contributed by atoms with Gasteiger partial charge in [0.05, 0.1) is 36.4 Å². The summed E-state index contributed by atoms with van der Waals surface area (Å²) in [7, 11) is 1.60. The largest absolute Gasteiger partial charge is 0.508 e. The summed E-state index contributed by atoms with van der Waals surface area (Å²) in [4.78, 5) is 51.2. The number of β-amino-alcohol motifs (C(OH)–C–C–N with tert-alkyl or cyclic N) is 1. The first-order valence-corrected chi connectivity index (χ1v) is 27.2. The van der Waals surface area contributed by atoms with E-state index in [4.69, 9.17) is 29.2 Å². The van der Waals surface area contributed by atoms with Crippen molar-refractivity contribution in [3.63, 3.8) is 0 Å². The molecular formula is C60H63F2N11O8. The summed E-state index contributed by atoms with van der Waals surface area (Å²) in [5.74, 6) is -1.28. The maximum Gasteiger partial charge on any atom is 0.319 e. The van der Waals surface area contributed by atoms with Crippen LogP contribution in [0.25, 0.3) is 55.4 Å². The summed E-state index contributed by atoms with van der Waals surface area (Å²) in [5, 5.41) is 49.5. The highest BCUT2D eigenvalue weighted by atomic mass is 19.1. The topological polar surface area (TPSA) is 235 Å². The van der Waals surface area contributed by atoms with Gasteiger partial charge < -0.3 is 50.0 Å². The number of aromatic nitrogens is 7. The number of nitrogens with zero attached hydrogens (tertiary/aromatic N) is 9. The van der Waals surface area contributed by atoms with Crippen LogP contribution in [0.5, 0.6) is 17.5 Å². The third-order valence-corrected chi connectivity index (χ3v) is 15.6. The van der Waals surface area contributed by atoms with Crippen molar-refractivity contribution in [3.05, 3.63) is 132 Å². The molecule has 19 nitrogen and oxygen atoms in total. The molecule has 3 fully saturated rings. The number of pyridine rings is 2. The second-order valence-electron chi connectivity index (χ2n) is 21.4. The van der Waals surface area contributed by atoms with E-state index in [1.165, 1.54) is 34.0 Å². The Morgan fingerprint density at radius 1 is 0.914 bits per heavy atom. The van der Waals surface area contributed by atoms with E-state index < -0.39 is 48.5 Å². The maximum atomic E-state index is 15.7. The molecule has 21 heteroatoms. The lowest BCUT2D eigenvalue weighted by molar-refractivity contribution is -0.142. The highest BCUT2D eigenvalue weighted by Crippen LogP contribution is 2.45. The zero-order valence-corrected chi connectivity index (χ0v) is 45.5. The lowest BCUT2D eigenvalue weighted by Crippen LogP contribution is -2.50. The van der Waals surface area contributed by atoms with Crippen LogP contribution in [-0.2, 0) is 27.4 Å². The quantitative estimate of drug-likeness (QED) is 0.0536. The number of halogens is 2. The Kier molecular flexibility index (Phi) is 15.6. The molecule has 0 spiro atoms. The minimum Gasteiger partial charge on any atom is -0.508 e. The molecule has 0 saturated carbocycles. The van der Waals surface area contributed by atoms with Crippen LogP contribution in [0.4, 0.5) is 14.6 Å². The summed E-state index contributed by atoms with van der Waals surface area (Å²) >= 11 is 0. The maximum absolute atomic E-state index is 15.7. The predicted molar refractivity (Wildman–Crippen MR) is 298 cm³/mol. The van der Waals surface area contributed by atoms with Crippen molar-refractivity contribution < 1.29 is 47.9 Å². The van der Waals surface area contributed by atoms with E-state index in [9.17, 15) is 29.3 Å². The van der Waals surface area contributed by atoms with Gasteiger partial charge in [-0.1, -0.05) is 80.6 Å². The van der Waals surface area contributed by atoms with Gasteiger partial charge in [-0.15, -0.1) is 5.10 Å². The number of hydrogen-bond acceptors (Lipinski definition) is 16. The molecule has 0 aliphatic carbocycles. The fourth-order valence-corrected chi connectivity index (χ4v) is 11.4. The van der Waals surface area contributed by atoms with Crippen LogP contribution in [0.15, 0.2) is 104 Å². The molecule has 2 bridgehead atoms. The van der Waals surface area contributed by atoms with Crippen molar-refractivity contribution in [2.24, 2.45) is 5.92 Å². The molecule has 7 heterocycles. The monoisotopic (exact) mass is 1100 g/mol. The molecule has 4 aromatic carbocycles. The molecule has 420 valence electrons. The van der Waals surface area contributed by atoms with Crippen LogP contribution in [0.1, 0.15) is 69.3 Å². The fourth-order valence-electron chi connectivity index (χ4n) is 11.4. The third kappa shape index (κ3) is 10.9. The number of anilines is 1. The van der Waals surface area contributed by atoms with Gasteiger partial charge in [0.15, 0.2) is 5.75 Å². The Balaban J connectivity index is 0.859. The lowest BCUT2D eigenvalue weighted by atomic mass is 9.94. The number of hydrogen-bond donors (Lipinski definition) is 5. The molecule has 3 aliphatic rings. The fraction of sp³-hybridized carbons (Fsp3) is 0.367. The second kappa shape index (κ2) is 23.1. The number of amides is 2. The minimum absolute atomic E-state index is 0.0162. The third-order valence-electron chi connectivity index (χ3n) is 15.6. The van der Waals surface area contributed by atoms with E-state index in [1.54, 1.807) is 62.0 Å². The number of likely N-dealkylation sites (tertiary alicyclic amines) is 1. The lowest BCUT2D eigenvalue weighted by Gasteiger charge is -2.30. The van der Waals surface area contributed by atoms with Gasteiger partial charge in [-0.05, 0) is 83.5 Å². The van der Waals surface area contributed by atoms with Crippen LogP contribution in [0, 0.1) is 17.6 Å². The van der Waals surface area contributed by atoms with Crippen LogP contribution in [0.3, 0.4) is 0 Å². The van der Waals surface area contributed by atoms with Crippen LogP contribution >= 0.6 is 0 Å². The van der Waals surface area contributed by atoms with Gasteiger partial charge in [-0.25, -0.2) is 13.5 Å². The Morgan fingerprint density at radius 3 is 2.41 bits per heavy atom. The molecule has 7 atom stereocenters. The van der Waals surface area contributed by atoms with Gasteiger partial charge in [0, 0.05) is 74.3 Å². The van der Waals surface area contributed by atoms with E-state index in [-0.39, 0.29) is 73.3 Å². The number of piperazine rings is 1. The number of aromatic hydroxyl groups is 1. The number of methoxy groups -OCH3 is 1. The van der Waals surface area contributed by atoms with Crippen molar-refractivity contribution in [2.45, 2.75) is 96.0 Å². The highest BCUT2D eigenvalue weighted by Gasteiger charge is 2.44. The molecular weight excluding hydrogens is 1040 g/mol. The number of carbonyl (C=O) groups excluding carboxylic acids is 2. The Labute approximate surface area is 465 Å². The molecule has 5 N–H and O–H groups in total. The zero-order chi connectivity index (χ0) is 56.6. The normalized spacial score (nSPS) is 18.9. The number of rotatable bonds is 19. The van der Waals surface area contributed by atoms with Gasteiger partial charge in [0.2, 0.25) is 11.8 Å². The standard InChI is InChI=1S/C60H63F2N11O8/c1-6-43-46(61)18-17-38-20-41(75)22-44(51(38)43)53-56(54-45(25-65-53)57(71-26-39-21-40(71)24-64-39)68-60(67-54)81-30-33(4)79-5)80-31-34-9-11-35(12-10-34)48-28-73(70-69-48)55(32(2)3)59(78)72-27-42(76)23-50(72)58(77)66-49(29-74)36-13-15-37(16-14-36)52-47(62)8-7-19-63-52/h7-20,22,25,28,32-33,39-40,42,49-50,55,64,74-76H,6,21,23-24,26-27,29-31H2,1-5H3,(H,66,77)/t33-,39-,40-,42+,49-,50-,55-/m0/s1. The van der Waals surface area contributed by atoms with E-state index in [0.717, 1.165) is 25.1 Å². The summed E-state index contributed by atoms with van der Waals surface area (Å²) in [6.07, 6.45) is 4.96. The average molecular weight is 1100 g/mol. The van der Waals surface area contributed by atoms with Crippen molar-refractivity contribution in [1.29, 1.82) is 0 Å². The highest BCUT2D eigenvalue weighted by molar-refractivity contribution is 6.04. The van der Waals surface area contributed by atoms with E-state index in [0.29, 0.717) is 79.2 Å². The number of nitrogens with one attached hydrogen (secondary N) is 2. The van der Waals surface area contributed by atoms with Gasteiger partial charge in [-0.2, -0.15) is 9.97 Å². The second-order valence-corrected chi connectivity index (χ2v) is 21.4.